The molecule has 0 aliphatic carbocycles. The first-order valence-electron chi connectivity index (χ1n) is 7.45. The molecule has 2 nitrogen and oxygen atoms in total. The molecule has 1 aromatic heterocycles. The maximum atomic E-state index is 6.00. The van der Waals surface area contributed by atoms with Crippen molar-refractivity contribution < 1.29 is 4.74 Å². The number of ether oxygens (including phenoxy) is 1. The molecule has 2 aromatic carbocycles. The third-order valence-electron chi connectivity index (χ3n) is 3.54. The van der Waals surface area contributed by atoms with Crippen molar-refractivity contribution in [1.29, 1.82) is 0 Å². The van der Waals surface area contributed by atoms with Crippen LogP contribution in [0.25, 0.3) is 22.0 Å². The molecule has 0 atom stereocenters. The average Bonchev–Trinajstić information content (AvgIpc) is 2.55. The zero-order chi connectivity index (χ0) is 14.5. The molecule has 0 N–H and O–H groups in total. The fraction of sp³-hybridized carbons (Fsp3) is 0.211. The summed E-state index contributed by atoms with van der Waals surface area (Å²) < 4.78 is 6.00. The number of hydrogen-bond acceptors (Lipinski definition) is 2. The van der Waals surface area contributed by atoms with E-state index in [-0.39, 0.29) is 0 Å². The Labute approximate surface area is 125 Å². The molecule has 0 saturated heterocycles. The molecule has 0 fully saturated rings. The highest BCUT2D eigenvalue weighted by atomic mass is 16.5. The molecule has 0 aliphatic rings. The Balaban J connectivity index is 2.08. The van der Waals surface area contributed by atoms with Gasteiger partial charge in [-0.25, -0.2) is 0 Å². The van der Waals surface area contributed by atoms with Gasteiger partial charge in [0.1, 0.15) is 5.75 Å². The van der Waals surface area contributed by atoms with Crippen LogP contribution in [0.5, 0.6) is 5.75 Å². The van der Waals surface area contributed by atoms with E-state index in [1.807, 2.05) is 24.4 Å². The number of pyridine rings is 1. The summed E-state index contributed by atoms with van der Waals surface area (Å²) in [5, 5.41) is 2.41. The lowest BCUT2D eigenvalue weighted by Crippen LogP contribution is -1.99. The first kappa shape index (κ1) is 13.6. The van der Waals surface area contributed by atoms with Crippen molar-refractivity contribution in [3.63, 3.8) is 0 Å². The highest BCUT2D eigenvalue weighted by Crippen LogP contribution is 2.33. The standard InChI is InChI=1S/C19H19NO/c1-2-3-12-21-19-14-16-9-5-4-8-15(16)13-17(19)18-10-6-7-11-20-18/h4-11,13-14H,2-3,12H2,1H3. The largest absolute Gasteiger partial charge is 0.493 e. The predicted octanol–water partition coefficient (Wildman–Crippen LogP) is 5.08. The number of unbranched alkanes of at least 4 members (excludes halogenated alkanes) is 1. The molecule has 0 bridgehead atoms. The fourth-order valence-corrected chi connectivity index (χ4v) is 2.39. The van der Waals surface area contributed by atoms with Crippen LogP contribution in [-0.2, 0) is 0 Å². The number of aromatic nitrogens is 1. The van der Waals surface area contributed by atoms with Crippen molar-refractivity contribution >= 4 is 10.8 Å². The highest BCUT2D eigenvalue weighted by molar-refractivity contribution is 5.90. The summed E-state index contributed by atoms with van der Waals surface area (Å²) in [6, 6.07) is 18.6. The minimum absolute atomic E-state index is 0.745. The Kier molecular flexibility index (Phi) is 4.15. The van der Waals surface area contributed by atoms with Gasteiger partial charge < -0.3 is 4.74 Å². The van der Waals surface area contributed by atoms with Crippen molar-refractivity contribution in [2.75, 3.05) is 6.61 Å². The molecule has 0 spiro atoms. The number of hydrogen-bond donors (Lipinski definition) is 0. The third kappa shape index (κ3) is 3.05. The normalized spacial score (nSPS) is 10.7. The summed E-state index contributed by atoms with van der Waals surface area (Å²) in [6.07, 6.45) is 4.02. The Bertz CT molecular complexity index is 722. The summed E-state index contributed by atoms with van der Waals surface area (Å²) in [5.41, 5.74) is 2.01. The maximum Gasteiger partial charge on any atom is 0.129 e. The Morgan fingerprint density at radius 3 is 2.43 bits per heavy atom. The van der Waals surface area contributed by atoms with Gasteiger partial charge >= 0.3 is 0 Å². The van der Waals surface area contributed by atoms with E-state index in [0.717, 1.165) is 36.5 Å². The summed E-state index contributed by atoms with van der Waals surface area (Å²) in [6.45, 7) is 2.91. The second kappa shape index (κ2) is 6.40. The van der Waals surface area contributed by atoms with Crippen LogP contribution in [0.15, 0.2) is 60.8 Å². The van der Waals surface area contributed by atoms with Crippen LogP contribution >= 0.6 is 0 Å². The van der Waals surface area contributed by atoms with E-state index in [2.05, 4.69) is 48.3 Å². The minimum atomic E-state index is 0.745. The SMILES string of the molecule is CCCCOc1cc2ccccc2cc1-c1ccccn1. The summed E-state index contributed by atoms with van der Waals surface area (Å²) >= 11 is 0. The van der Waals surface area contributed by atoms with E-state index in [1.165, 1.54) is 10.8 Å². The summed E-state index contributed by atoms with van der Waals surface area (Å²) in [5.74, 6) is 0.917. The lowest BCUT2D eigenvalue weighted by atomic mass is 10.0. The van der Waals surface area contributed by atoms with E-state index >= 15 is 0 Å². The molecule has 0 aliphatic heterocycles. The van der Waals surface area contributed by atoms with Gasteiger partial charge in [0.05, 0.1) is 12.3 Å². The van der Waals surface area contributed by atoms with Crippen LogP contribution in [0.4, 0.5) is 0 Å². The topological polar surface area (TPSA) is 22.1 Å². The molecule has 0 saturated carbocycles. The molecule has 21 heavy (non-hydrogen) atoms. The molecule has 3 aromatic rings. The van der Waals surface area contributed by atoms with Gasteiger partial charge in [-0.1, -0.05) is 43.7 Å². The van der Waals surface area contributed by atoms with Crippen LogP contribution in [0.2, 0.25) is 0 Å². The van der Waals surface area contributed by atoms with Gasteiger partial charge in [-0.05, 0) is 41.5 Å². The molecule has 0 radical (unpaired) electrons. The average molecular weight is 277 g/mol. The highest BCUT2D eigenvalue weighted by Gasteiger charge is 2.09. The smallest absolute Gasteiger partial charge is 0.129 e. The van der Waals surface area contributed by atoms with E-state index in [9.17, 15) is 0 Å². The molecular weight excluding hydrogens is 258 g/mol. The summed E-state index contributed by atoms with van der Waals surface area (Å²) in [7, 11) is 0. The van der Waals surface area contributed by atoms with Crippen molar-refractivity contribution in [2.24, 2.45) is 0 Å². The van der Waals surface area contributed by atoms with E-state index in [0.29, 0.717) is 0 Å². The maximum absolute atomic E-state index is 6.00. The van der Waals surface area contributed by atoms with E-state index in [1.54, 1.807) is 0 Å². The van der Waals surface area contributed by atoms with Crippen molar-refractivity contribution in [2.45, 2.75) is 19.8 Å². The minimum Gasteiger partial charge on any atom is -0.493 e. The second-order valence-corrected chi connectivity index (χ2v) is 5.11. The van der Waals surface area contributed by atoms with Crippen molar-refractivity contribution in [3.05, 3.63) is 60.8 Å². The molecule has 0 amide bonds. The van der Waals surface area contributed by atoms with Gasteiger partial charge in [-0.3, -0.25) is 4.98 Å². The number of fused-ring (bicyclic) bond motifs is 1. The van der Waals surface area contributed by atoms with Gasteiger partial charge in [-0.15, -0.1) is 0 Å². The Morgan fingerprint density at radius 2 is 1.71 bits per heavy atom. The van der Waals surface area contributed by atoms with Gasteiger partial charge in [0.2, 0.25) is 0 Å². The first-order valence-corrected chi connectivity index (χ1v) is 7.45. The molecule has 0 unspecified atom stereocenters. The molecular formula is C19H19NO. The van der Waals surface area contributed by atoms with Crippen molar-refractivity contribution in [3.8, 4) is 17.0 Å². The van der Waals surface area contributed by atoms with Crippen LogP contribution < -0.4 is 4.74 Å². The quantitative estimate of drug-likeness (QED) is 0.607. The second-order valence-electron chi connectivity index (χ2n) is 5.11. The molecule has 2 heteroatoms. The first-order chi connectivity index (χ1) is 10.4. The molecule has 106 valence electrons. The lowest BCUT2D eigenvalue weighted by Gasteiger charge is -2.12. The van der Waals surface area contributed by atoms with Crippen LogP contribution in [-0.4, -0.2) is 11.6 Å². The third-order valence-corrected chi connectivity index (χ3v) is 3.54. The van der Waals surface area contributed by atoms with Crippen LogP contribution in [0.3, 0.4) is 0 Å². The van der Waals surface area contributed by atoms with Gasteiger partial charge in [-0.2, -0.15) is 0 Å². The lowest BCUT2D eigenvalue weighted by molar-refractivity contribution is 0.311. The van der Waals surface area contributed by atoms with Crippen LogP contribution in [0, 0.1) is 0 Å². The monoisotopic (exact) mass is 277 g/mol. The van der Waals surface area contributed by atoms with Crippen molar-refractivity contribution in [1.82, 2.24) is 4.98 Å². The van der Waals surface area contributed by atoms with Crippen LogP contribution in [0.1, 0.15) is 19.8 Å². The molecule has 1 heterocycles. The molecule has 3 rings (SSSR count). The predicted molar refractivity (Wildman–Crippen MR) is 87.6 cm³/mol. The summed E-state index contributed by atoms with van der Waals surface area (Å²) in [4.78, 5) is 4.46. The van der Waals surface area contributed by atoms with E-state index < -0.39 is 0 Å². The Hall–Kier alpha value is -2.35. The number of rotatable bonds is 5. The Morgan fingerprint density at radius 1 is 0.952 bits per heavy atom. The number of benzene rings is 2. The van der Waals surface area contributed by atoms with Gasteiger partial charge in [0, 0.05) is 11.8 Å². The zero-order valence-corrected chi connectivity index (χ0v) is 12.3. The van der Waals surface area contributed by atoms with Gasteiger partial charge in [0.25, 0.3) is 0 Å². The van der Waals surface area contributed by atoms with Gasteiger partial charge in [0.15, 0.2) is 0 Å². The fourth-order valence-electron chi connectivity index (χ4n) is 2.39. The zero-order valence-electron chi connectivity index (χ0n) is 12.3. The van der Waals surface area contributed by atoms with E-state index in [4.69, 9.17) is 4.74 Å². The number of nitrogens with zero attached hydrogens (tertiary/aromatic N) is 1.